The number of carbonyl (C=O) groups excluding carboxylic acids is 1. The number of hydrogen-bond donors (Lipinski definition) is 2. The van der Waals surface area contributed by atoms with Crippen molar-refractivity contribution in [2.75, 3.05) is 0 Å². The van der Waals surface area contributed by atoms with Gasteiger partial charge in [-0.1, -0.05) is 0 Å². The highest BCUT2D eigenvalue weighted by atomic mass is 16.4. The van der Waals surface area contributed by atoms with Crippen LogP contribution in [0.5, 0.6) is 0 Å². The Labute approximate surface area is 135 Å². The molecule has 0 saturated carbocycles. The Morgan fingerprint density at radius 1 is 1.22 bits per heavy atom. The number of carboxylic acid groups (broad SMARTS) is 1. The summed E-state index contributed by atoms with van der Waals surface area (Å²) in [6.07, 6.45) is 0. The molecule has 124 valence electrons. The average molecular weight is 318 g/mol. The molecule has 0 saturated heterocycles. The number of nitrogens with one attached hydrogen (secondary N) is 1. The third-order valence-electron chi connectivity index (χ3n) is 3.87. The van der Waals surface area contributed by atoms with Crippen LogP contribution >= 0.6 is 0 Å². The van der Waals surface area contributed by atoms with Crippen molar-refractivity contribution in [3.8, 4) is 0 Å². The molecular weight excluding hydrogens is 296 g/mol. The lowest BCUT2D eigenvalue weighted by Gasteiger charge is -2.13. The second kappa shape index (κ2) is 6.32. The third-order valence-corrected chi connectivity index (χ3v) is 3.87. The van der Waals surface area contributed by atoms with Crippen LogP contribution in [-0.4, -0.2) is 21.6 Å². The molecule has 6 heteroatoms. The van der Waals surface area contributed by atoms with Crippen molar-refractivity contribution in [2.45, 2.75) is 47.2 Å². The summed E-state index contributed by atoms with van der Waals surface area (Å²) in [4.78, 5) is 23.4. The first-order valence-electron chi connectivity index (χ1n) is 7.51. The van der Waals surface area contributed by atoms with E-state index >= 15 is 0 Å². The predicted molar refractivity (Wildman–Crippen MR) is 85.9 cm³/mol. The first-order chi connectivity index (χ1) is 10.7. The highest BCUT2D eigenvalue weighted by Crippen LogP contribution is 2.20. The summed E-state index contributed by atoms with van der Waals surface area (Å²) in [5.74, 6) is -0.481. The molecular formula is C17H22N2O4. The van der Waals surface area contributed by atoms with E-state index < -0.39 is 5.97 Å². The normalized spacial score (nSPS) is 11.0. The van der Waals surface area contributed by atoms with E-state index in [1.54, 1.807) is 6.92 Å². The quantitative estimate of drug-likeness (QED) is 0.886. The van der Waals surface area contributed by atoms with Crippen molar-refractivity contribution in [2.24, 2.45) is 0 Å². The number of carboxylic acids is 1. The van der Waals surface area contributed by atoms with Crippen LogP contribution in [-0.2, 0) is 6.54 Å². The standard InChI is InChI=1S/C17H22N2O4/c1-9(2)19-10(3)6-14(11(19)4)16(20)18-8-13-7-15(17(21)22)12(5)23-13/h6-7,9H,8H2,1-5H3,(H,18,20)(H,21,22). The average Bonchev–Trinajstić information content (AvgIpc) is 2.96. The molecule has 2 heterocycles. The summed E-state index contributed by atoms with van der Waals surface area (Å²) < 4.78 is 7.46. The van der Waals surface area contributed by atoms with Crippen LogP contribution in [0.4, 0.5) is 0 Å². The zero-order chi connectivity index (χ0) is 17.3. The first-order valence-corrected chi connectivity index (χ1v) is 7.51. The van der Waals surface area contributed by atoms with Gasteiger partial charge in [0.1, 0.15) is 17.1 Å². The Kier molecular flexibility index (Phi) is 4.63. The molecule has 0 aliphatic rings. The summed E-state index contributed by atoms with van der Waals surface area (Å²) in [7, 11) is 0. The Bertz CT molecular complexity index is 753. The molecule has 2 N–H and O–H groups in total. The topological polar surface area (TPSA) is 84.5 Å². The number of amides is 1. The minimum atomic E-state index is -1.04. The second-order valence-corrected chi connectivity index (χ2v) is 5.92. The van der Waals surface area contributed by atoms with Crippen LogP contribution in [0.1, 0.15) is 63.5 Å². The summed E-state index contributed by atoms with van der Waals surface area (Å²) in [6, 6.07) is 3.58. The first kappa shape index (κ1) is 16.9. The van der Waals surface area contributed by atoms with Crippen LogP contribution in [0.15, 0.2) is 16.5 Å². The molecule has 0 aliphatic heterocycles. The summed E-state index contributed by atoms with van der Waals surface area (Å²) in [6.45, 7) is 9.77. The molecule has 2 aromatic rings. The van der Waals surface area contributed by atoms with Crippen LogP contribution in [0, 0.1) is 20.8 Å². The molecule has 2 aromatic heterocycles. The van der Waals surface area contributed by atoms with Crippen LogP contribution < -0.4 is 5.32 Å². The highest BCUT2D eigenvalue weighted by molar-refractivity contribution is 5.95. The van der Waals surface area contributed by atoms with Gasteiger partial charge in [0.2, 0.25) is 0 Å². The van der Waals surface area contributed by atoms with Gasteiger partial charge >= 0.3 is 5.97 Å². The maximum Gasteiger partial charge on any atom is 0.339 e. The van der Waals surface area contributed by atoms with Gasteiger partial charge in [-0.15, -0.1) is 0 Å². The number of furan rings is 1. The molecule has 6 nitrogen and oxygen atoms in total. The van der Waals surface area contributed by atoms with Crippen LogP contribution in [0.3, 0.4) is 0 Å². The zero-order valence-corrected chi connectivity index (χ0v) is 14.1. The lowest BCUT2D eigenvalue weighted by Crippen LogP contribution is -2.23. The number of carbonyl (C=O) groups is 2. The Balaban J connectivity index is 2.13. The van der Waals surface area contributed by atoms with Gasteiger partial charge in [0, 0.05) is 17.4 Å². The molecule has 0 aromatic carbocycles. The molecule has 1 amide bonds. The smallest absolute Gasteiger partial charge is 0.339 e. The third kappa shape index (κ3) is 3.31. The van der Waals surface area contributed by atoms with Gasteiger partial charge in [-0.3, -0.25) is 4.79 Å². The fourth-order valence-electron chi connectivity index (χ4n) is 2.91. The van der Waals surface area contributed by atoms with Crippen molar-refractivity contribution >= 4 is 11.9 Å². The maximum atomic E-state index is 12.4. The van der Waals surface area contributed by atoms with Gasteiger partial charge < -0.3 is 19.4 Å². The van der Waals surface area contributed by atoms with Gasteiger partial charge in [0.15, 0.2) is 0 Å². The molecule has 0 bridgehead atoms. The maximum absolute atomic E-state index is 12.4. The monoisotopic (exact) mass is 318 g/mol. The molecule has 0 unspecified atom stereocenters. The predicted octanol–water partition coefficient (Wildman–Crippen LogP) is 3.22. The number of nitrogens with zero attached hydrogens (tertiary/aromatic N) is 1. The van der Waals surface area contributed by atoms with E-state index in [9.17, 15) is 9.59 Å². The van der Waals surface area contributed by atoms with E-state index in [-0.39, 0.29) is 24.1 Å². The van der Waals surface area contributed by atoms with Gasteiger partial charge in [-0.2, -0.15) is 0 Å². The van der Waals surface area contributed by atoms with E-state index in [4.69, 9.17) is 9.52 Å². The van der Waals surface area contributed by atoms with Crippen molar-refractivity contribution in [1.29, 1.82) is 0 Å². The van der Waals surface area contributed by atoms with Crippen molar-refractivity contribution in [3.05, 3.63) is 46.2 Å². The molecule has 0 aliphatic carbocycles. The molecule has 2 rings (SSSR count). The van der Waals surface area contributed by atoms with E-state index in [1.807, 2.05) is 19.9 Å². The molecule has 23 heavy (non-hydrogen) atoms. The van der Waals surface area contributed by atoms with E-state index in [0.29, 0.717) is 17.1 Å². The van der Waals surface area contributed by atoms with Crippen molar-refractivity contribution < 1.29 is 19.1 Å². The lowest BCUT2D eigenvalue weighted by atomic mass is 10.2. The minimum Gasteiger partial charge on any atom is -0.478 e. The number of hydrogen-bond acceptors (Lipinski definition) is 3. The SMILES string of the molecule is Cc1oc(CNC(=O)c2cc(C)n(C(C)C)c2C)cc1C(=O)O. The Morgan fingerprint density at radius 3 is 2.35 bits per heavy atom. The molecule has 0 atom stereocenters. The van der Waals surface area contributed by atoms with Crippen molar-refractivity contribution in [3.63, 3.8) is 0 Å². The number of aromatic carboxylic acids is 1. The van der Waals surface area contributed by atoms with Gasteiger partial charge in [0.25, 0.3) is 5.91 Å². The summed E-state index contributed by atoms with van der Waals surface area (Å²) in [5.41, 5.74) is 2.69. The fraction of sp³-hybridized carbons (Fsp3) is 0.412. The Morgan fingerprint density at radius 2 is 1.87 bits per heavy atom. The van der Waals surface area contributed by atoms with Gasteiger partial charge in [-0.25, -0.2) is 4.79 Å². The molecule has 0 fully saturated rings. The van der Waals surface area contributed by atoms with Gasteiger partial charge in [-0.05, 0) is 46.8 Å². The lowest BCUT2D eigenvalue weighted by molar-refractivity contribution is 0.0694. The summed E-state index contributed by atoms with van der Waals surface area (Å²) in [5, 5.41) is 11.8. The molecule has 0 radical (unpaired) electrons. The minimum absolute atomic E-state index is 0.118. The van der Waals surface area contributed by atoms with E-state index in [0.717, 1.165) is 11.4 Å². The van der Waals surface area contributed by atoms with E-state index in [2.05, 4.69) is 23.7 Å². The zero-order valence-electron chi connectivity index (χ0n) is 14.1. The molecule has 0 spiro atoms. The highest BCUT2D eigenvalue weighted by Gasteiger charge is 2.18. The second-order valence-electron chi connectivity index (χ2n) is 5.92. The summed E-state index contributed by atoms with van der Waals surface area (Å²) >= 11 is 0. The van der Waals surface area contributed by atoms with Crippen molar-refractivity contribution in [1.82, 2.24) is 9.88 Å². The number of rotatable bonds is 5. The number of aromatic nitrogens is 1. The van der Waals surface area contributed by atoms with Crippen LogP contribution in [0.25, 0.3) is 0 Å². The van der Waals surface area contributed by atoms with E-state index in [1.165, 1.54) is 6.07 Å². The van der Waals surface area contributed by atoms with Crippen LogP contribution in [0.2, 0.25) is 0 Å². The largest absolute Gasteiger partial charge is 0.478 e. The fourth-order valence-corrected chi connectivity index (χ4v) is 2.91. The van der Waals surface area contributed by atoms with Gasteiger partial charge in [0.05, 0.1) is 12.1 Å². The Hall–Kier alpha value is -2.50. The number of aryl methyl sites for hydroxylation is 2.